The van der Waals surface area contributed by atoms with Gasteiger partial charge in [-0.05, 0) is 51.7 Å². The Balaban J connectivity index is 1.77. The minimum Gasteiger partial charge on any atom is -0.503 e. The fourth-order valence-electron chi connectivity index (χ4n) is 4.30. The van der Waals surface area contributed by atoms with Gasteiger partial charge in [0.1, 0.15) is 0 Å². The van der Waals surface area contributed by atoms with E-state index in [0.29, 0.717) is 29.7 Å². The molecule has 0 spiro atoms. The highest BCUT2D eigenvalue weighted by Gasteiger charge is 2.44. The third-order valence-corrected chi connectivity index (χ3v) is 5.86. The highest BCUT2D eigenvalue weighted by molar-refractivity contribution is 6.16. The second kappa shape index (κ2) is 9.11. The molecule has 0 saturated carbocycles. The summed E-state index contributed by atoms with van der Waals surface area (Å²) in [5, 5.41) is 11.5. The molecule has 1 atom stereocenters. The van der Waals surface area contributed by atoms with Crippen LogP contribution < -0.4 is 4.74 Å². The van der Waals surface area contributed by atoms with E-state index in [1.165, 1.54) is 7.11 Å². The fourth-order valence-corrected chi connectivity index (χ4v) is 4.30. The standard InChI is InChI=1S/C26H28N2O5/c1-16-8-5-9-17(14-16)22-21(24(30)26(31)28(22)13-7-12-27(2)3)23(29)20-15-18-10-6-11-19(32-4)25(18)33-20/h5-6,8-11,14-15,22,30H,7,12-13H2,1-4H3. The van der Waals surface area contributed by atoms with Gasteiger partial charge < -0.3 is 24.1 Å². The van der Waals surface area contributed by atoms with Gasteiger partial charge in [-0.25, -0.2) is 0 Å². The number of hydrogen-bond donors (Lipinski definition) is 1. The predicted molar refractivity (Wildman–Crippen MR) is 126 cm³/mol. The van der Waals surface area contributed by atoms with Crippen molar-refractivity contribution >= 4 is 22.7 Å². The molecule has 2 aromatic carbocycles. The zero-order valence-corrected chi connectivity index (χ0v) is 19.3. The van der Waals surface area contributed by atoms with Crippen LogP contribution in [-0.2, 0) is 4.79 Å². The van der Waals surface area contributed by atoms with Gasteiger partial charge in [-0.15, -0.1) is 0 Å². The summed E-state index contributed by atoms with van der Waals surface area (Å²) in [4.78, 5) is 30.3. The maximum absolute atomic E-state index is 13.6. The number of aliphatic hydroxyl groups is 1. The number of aryl methyl sites for hydroxylation is 1. The first-order valence-corrected chi connectivity index (χ1v) is 10.9. The molecule has 172 valence electrons. The first-order chi connectivity index (χ1) is 15.8. The molecule has 1 amide bonds. The van der Waals surface area contributed by atoms with Crippen LogP contribution in [-0.4, -0.2) is 60.9 Å². The number of fused-ring (bicyclic) bond motifs is 1. The van der Waals surface area contributed by atoms with Crippen LogP contribution >= 0.6 is 0 Å². The number of para-hydroxylation sites is 1. The maximum atomic E-state index is 13.6. The summed E-state index contributed by atoms with van der Waals surface area (Å²) in [7, 11) is 5.46. The number of hydrogen-bond acceptors (Lipinski definition) is 6. The molecule has 7 nitrogen and oxygen atoms in total. The van der Waals surface area contributed by atoms with Gasteiger partial charge in [0.05, 0.1) is 18.7 Å². The summed E-state index contributed by atoms with van der Waals surface area (Å²) in [5.74, 6) is -1.02. The van der Waals surface area contributed by atoms with Crippen LogP contribution in [0.2, 0.25) is 0 Å². The number of carbonyl (C=O) groups excluding carboxylic acids is 2. The molecule has 7 heteroatoms. The number of Topliss-reactive ketones (excluding diaryl/α,β-unsaturated/α-hetero) is 1. The summed E-state index contributed by atoms with van der Waals surface area (Å²) >= 11 is 0. The molecule has 1 unspecified atom stereocenters. The van der Waals surface area contributed by atoms with Crippen LogP contribution in [0.1, 0.15) is 34.1 Å². The Morgan fingerprint density at radius 1 is 1.18 bits per heavy atom. The van der Waals surface area contributed by atoms with Crippen LogP contribution in [0.3, 0.4) is 0 Å². The number of carbonyl (C=O) groups is 2. The molecule has 0 saturated heterocycles. The second-order valence-electron chi connectivity index (χ2n) is 8.55. The molecule has 1 aromatic heterocycles. The normalized spacial score (nSPS) is 16.3. The summed E-state index contributed by atoms with van der Waals surface area (Å²) in [6.07, 6.45) is 0.706. The van der Waals surface area contributed by atoms with Crippen LogP contribution in [0.25, 0.3) is 11.0 Å². The van der Waals surface area contributed by atoms with Crippen molar-refractivity contribution in [3.8, 4) is 5.75 Å². The summed E-state index contributed by atoms with van der Waals surface area (Å²) in [5.41, 5.74) is 2.25. The van der Waals surface area contributed by atoms with E-state index in [2.05, 4.69) is 0 Å². The van der Waals surface area contributed by atoms with Crippen molar-refractivity contribution in [1.82, 2.24) is 9.80 Å². The Bertz CT molecular complexity index is 1240. The fraction of sp³-hybridized carbons (Fsp3) is 0.308. The second-order valence-corrected chi connectivity index (χ2v) is 8.55. The summed E-state index contributed by atoms with van der Waals surface area (Å²) in [6.45, 7) is 3.13. The van der Waals surface area contributed by atoms with Gasteiger partial charge in [0, 0.05) is 11.9 Å². The zero-order valence-electron chi connectivity index (χ0n) is 19.3. The van der Waals surface area contributed by atoms with Gasteiger partial charge in [0.25, 0.3) is 5.91 Å². The number of methoxy groups -OCH3 is 1. The van der Waals surface area contributed by atoms with E-state index in [1.54, 1.807) is 17.0 Å². The Hall–Kier alpha value is -3.58. The molecule has 33 heavy (non-hydrogen) atoms. The molecule has 0 fully saturated rings. The van der Waals surface area contributed by atoms with Crippen molar-refractivity contribution in [2.24, 2.45) is 0 Å². The Morgan fingerprint density at radius 3 is 2.64 bits per heavy atom. The molecule has 1 aliphatic rings. The Morgan fingerprint density at radius 2 is 1.94 bits per heavy atom. The third kappa shape index (κ3) is 4.24. The monoisotopic (exact) mass is 448 g/mol. The molecule has 1 aliphatic heterocycles. The number of ketones is 1. The zero-order chi connectivity index (χ0) is 23.7. The molecular weight excluding hydrogens is 420 g/mol. The van der Waals surface area contributed by atoms with Crippen molar-refractivity contribution in [3.05, 3.63) is 76.8 Å². The first kappa shape index (κ1) is 22.6. The minimum atomic E-state index is -0.692. The van der Waals surface area contributed by atoms with E-state index in [0.717, 1.165) is 17.7 Å². The molecule has 0 radical (unpaired) electrons. The topological polar surface area (TPSA) is 83.2 Å². The Labute approximate surface area is 192 Å². The SMILES string of the molecule is COc1cccc2cc(C(=O)C3=C(O)C(=O)N(CCCN(C)C)C3c3cccc(C)c3)oc12. The lowest BCUT2D eigenvalue weighted by Gasteiger charge is -2.27. The molecule has 0 bridgehead atoms. The molecule has 0 aliphatic carbocycles. The number of furan rings is 1. The number of benzene rings is 2. The lowest BCUT2D eigenvalue weighted by Crippen LogP contribution is -2.33. The smallest absolute Gasteiger partial charge is 0.290 e. The molecule has 3 aromatic rings. The molecule has 4 rings (SSSR count). The molecule has 1 N–H and O–H groups in total. The van der Waals surface area contributed by atoms with Crippen molar-refractivity contribution < 1.29 is 23.8 Å². The van der Waals surface area contributed by atoms with Crippen molar-refractivity contribution in [1.29, 1.82) is 0 Å². The average Bonchev–Trinajstić information content (AvgIpc) is 3.33. The summed E-state index contributed by atoms with van der Waals surface area (Å²) < 4.78 is 11.2. The van der Waals surface area contributed by atoms with Crippen LogP contribution in [0.5, 0.6) is 5.75 Å². The number of rotatable bonds is 8. The van der Waals surface area contributed by atoms with E-state index in [4.69, 9.17) is 9.15 Å². The number of nitrogens with zero attached hydrogens (tertiary/aromatic N) is 2. The van der Waals surface area contributed by atoms with Crippen LogP contribution in [0, 0.1) is 6.92 Å². The lowest BCUT2D eigenvalue weighted by atomic mass is 9.94. The van der Waals surface area contributed by atoms with Crippen LogP contribution in [0.15, 0.2) is 64.3 Å². The van der Waals surface area contributed by atoms with Gasteiger partial charge in [0.15, 0.2) is 22.9 Å². The van der Waals surface area contributed by atoms with E-state index >= 15 is 0 Å². The summed E-state index contributed by atoms with van der Waals surface area (Å²) in [6, 6.07) is 13.9. The van der Waals surface area contributed by atoms with Gasteiger partial charge in [-0.2, -0.15) is 0 Å². The van der Waals surface area contributed by atoms with E-state index in [1.807, 2.05) is 62.3 Å². The van der Waals surface area contributed by atoms with Crippen molar-refractivity contribution in [2.45, 2.75) is 19.4 Å². The van der Waals surface area contributed by atoms with Crippen LogP contribution in [0.4, 0.5) is 0 Å². The highest BCUT2D eigenvalue weighted by Crippen LogP contribution is 2.40. The third-order valence-electron chi connectivity index (χ3n) is 5.86. The lowest BCUT2D eigenvalue weighted by molar-refractivity contribution is -0.129. The quantitative estimate of drug-likeness (QED) is 0.518. The Kier molecular flexibility index (Phi) is 6.24. The first-order valence-electron chi connectivity index (χ1n) is 10.9. The number of ether oxygens (including phenoxy) is 1. The van der Waals surface area contributed by atoms with Gasteiger partial charge in [0.2, 0.25) is 5.78 Å². The van der Waals surface area contributed by atoms with Gasteiger partial charge >= 0.3 is 0 Å². The maximum Gasteiger partial charge on any atom is 0.290 e. The average molecular weight is 449 g/mol. The predicted octanol–water partition coefficient (Wildman–Crippen LogP) is 4.28. The van der Waals surface area contributed by atoms with Gasteiger partial charge in [-0.3, -0.25) is 9.59 Å². The van der Waals surface area contributed by atoms with Crippen molar-refractivity contribution in [3.63, 3.8) is 0 Å². The number of amides is 1. The highest BCUT2D eigenvalue weighted by atomic mass is 16.5. The molecular formula is C26H28N2O5. The van der Waals surface area contributed by atoms with E-state index in [-0.39, 0.29) is 11.3 Å². The van der Waals surface area contributed by atoms with E-state index in [9.17, 15) is 14.7 Å². The minimum absolute atomic E-state index is 0.0356. The largest absolute Gasteiger partial charge is 0.503 e. The van der Waals surface area contributed by atoms with Gasteiger partial charge in [-0.1, -0.05) is 42.0 Å². The number of aliphatic hydroxyl groups excluding tert-OH is 1. The van der Waals surface area contributed by atoms with E-state index < -0.39 is 23.5 Å². The molecule has 2 heterocycles. The van der Waals surface area contributed by atoms with Crippen molar-refractivity contribution in [2.75, 3.05) is 34.3 Å².